The van der Waals surface area contributed by atoms with Gasteiger partial charge in [-0.1, -0.05) is 0 Å². The third-order valence-electron chi connectivity index (χ3n) is 4.96. The second kappa shape index (κ2) is 8.98. The van der Waals surface area contributed by atoms with E-state index >= 15 is 0 Å². The van der Waals surface area contributed by atoms with Gasteiger partial charge in [0.05, 0.1) is 32.9 Å². The standard InChI is InChI=1S/C17H28N4O4S/c1-12(18-11-17(2,3)20-5-9-25-10-6-20)13-14(22)19-16(26)21(15(13)23)7-8-24-4/h13H,5-11H2,1-4H3,(H,19,22,26)/p+1. The van der Waals surface area contributed by atoms with Crippen molar-refractivity contribution < 1.29 is 24.0 Å². The normalized spacial score (nSPS) is 23.4. The highest BCUT2D eigenvalue weighted by Gasteiger charge is 2.40. The van der Waals surface area contributed by atoms with Crippen LogP contribution in [0.2, 0.25) is 0 Å². The number of hydrogen-bond acceptors (Lipinski definition) is 6. The zero-order valence-electron chi connectivity index (χ0n) is 16.0. The van der Waals surface area contributed by atoms with Gasteiger partial charge in [0.1, 0.15) is 18.6 Å². The van der Waals surface area contributed by atoms with Gasteiger partial charge in [0, 0.05) is 12.8 Å². The first kappa shape index (κ1) is 20.9. The SMILES string of the molecule is COCCN1C(=O)C(C(C)=NCC(C)(C)[NH+]2CCOCC2)C(=O)NC1=S. The Morgan fingerprint density at radius 2 is 2.08 bits per heavy atom. The van der Waals surface area contributed by atoms with E-state index in [9.17, 15) is 9.59 Å². The number of aliphatic imine (C=N–C) groups is 1. The van der Waals surface area contributed by atoms with E-state index in [1.165, 1.54) is 9.80 Å². The van der Waals surface area contributed by atoms with Crippen molar-refractivity contribution >= 4 is 34.9 Å². The molecule has 0 bridgehead atoms. The Labute approximate surface area is 159 Å². The van der Waals surface area contributed by atoms with Gasteiger partial charge in [-0.25, -0.2) is 0 Å². The van der Waals surface area contributed by atoms with E-state index in [-0.39, 0.29) is 16.6 Å². The molecule has 2 amide bonds. The summed E-state index contributed by atoms with van der Waals surface area (Å²) >= 11 is 5.11. The molecule has 9 heteroatoms. The Kier molecular flexibility index (Phi) is 7.22. The van der Waals surface area contributed by atoms with Gasteiger partial charge in [-0.05, 0) is 33.0 Å². The van der Waals surface area contributed by atoms with Crippen LogP contribution in [0.3, 0.4) is 0 Å². The monoisotopic (exact) mass is 385 g/mol. The summed E-state index contributed by atoms with van der Waals surface area (Å²) in [6.07, 6.45) is 0. The van der Waals surface area contributed by atoms with Crippen molar-refractivity contribution in [2.24, 2.45) is 10.9 Å². The van der Waals surface area contributed by atoms with Crippen molar-refractivity contribution in [2.75, 3.05) is 53.1 Å². The number of rotatable bonds is 7. The number of hydrogen-bond donors (Lipinski definition) is 2. The summed E-state index contributed by atoms with van der Waals surface area (Å²) in [6.45, 7) is 10.6. The number of carbonyl (C=O) groups is 2. The van der Waals surface area contributed by atoms with Crippen LogP contribution in [0.1, 0.15) is 20.8 Å². The number of nitrogens with one attached hydrogen (secondary N) is 2. The summed E-state index contributed by atoms with van der Waals surface area (Å²) < 4.78 is 10.4. The number of morpholine rings is 1. The first-order valence-corrected chi connectivity index (χ1v) is 9.27. The Hall–Kier alpha value is -1.42. The molecule has 0 aromatic heterocycles. The second-order valence-electron chi connectivity index (χ2n) is 7.27. The molecule has 146 valence electrons. The van der Waals surface area contributed by atoms with Crippen LogP contribution in [-0.4, -0.2) is 86.2 Å². The summed E-state index contributed by atoms with van der Waals surface area (Å²) in [6, 6.07) is 0. The largest absolute Gasteiger partial charge is 0.383 e. The van der Waals surface area contributed by atoms with E-state index in [1.807, 2.05) is 0 Å². The van der Waals surface area contributed by atoms with Crippen LogP contribution in [0.15, 0.2) is 4.99 Å². The first-order valence-electron chi connectivity index (χ1n) is 8.87. The summed E-state index contributed by atoms with van der Waals surface area (Å²) in [5, 5.41) is 2.72. The smallest absolute Gasteiger partial charge is 0.247 e. The van der Waals surface area contributed by atoms with E-state index in [0.717, 1.165) is 26.3 Å². The highest BCUT2D eigenvalue weighted by atomic mass is 32.1. The van der Waals surface area contributed by atoms with Crippen LogP contribution in [0, 0.1) is 5.92 Å². The number of ether oxygens (including phenoxy) is 2. The predicted octanol–water partition coefficient (Wildman–Crippen LogP) is -1.35. The first-order chi connectivity index (χ1) is 12.3. The van der Waals surface area contributed by atoms with Crippen molar-refractivity contribution in [3.05, 3.63) is 0 Å². The van der Waals surface area contributed by atoms with E-state index < -0.39 is 11.8 Å². The van der Waals surface area contributed by atoms with E-state index in [1.54, 1.807) is 14.0 Å². The van der Waals surface area contributed by atoms with Gasteiger partial charge >= 0.3 is 0 Å². The Morgan fingerprint density at radius 3 is 2.69 bits per heavy atom. The fourth-order valence-electron chi connectivity index (χ4n) is 3.20. The molecule has 2 rings (SSSR count). The lowest BCUT2D eigenvalue weighted by Gasteiger charge is -2.37. The van der Waals surface area contributed by atoms with Gasteiger partial charge in [0.15, 0.2) is 11.0 Å². The second-order valence-corrected chi connectivity index (χ2v) is 7.65. The molecule has 2 saturated heterocycles. The Bertz CT molecular complexity index is 587. The molecule has 26 heavy (non-hydrogen) atoms. The lowest BCUT2D eigenvalue weighted by atomic mass is 9.98. The lowest BCUT2D eigenvalue weighted by molar-refractivity contribution is -0.953. The van der Waals surface area contributed by atoms with Crippen molar-refractivity contribution in [3.8, 4) is 0 Å². The molecule has 1 atom stereocenters. The predicted molar refractivity (Wildman–Crippen MR) is 101 cm³/mol. The molecule has 0 aliphatic carbocycles. The zero-order valence-corrected chi connectivity index (χ0v) is 16.8. The molecule has 8 nitrogen and oxygen atoms in total. The van der Waals surface area contributed by atoms with Crippen molar-refractivity contribution in [2.45, 2.75) is 26.3 Å². The third-order valence-corrected chi connectivity index (χ3v) is 5.29. The number of methoxy groups -OCH3 is 1. The van der Waals surface area contributed by atoms with E-state index in [0.29, 0.717) is 25.4 Å². The maximum atomic E-state index is 12.7. The molecule has 0 saturated carbocycles. The number of nitrogens with zero attached hydrogens (tertiary/aromatic N) is 2. The maximum absolute atomic E-state index is 12.7. The molecular weight excluding hydrogens is 356 g/mol. The summed E-state index contributed by atoms with van der Waals surface area (Å²) in [5.74, 6) is -1.69. The van der Waals surface area contributed by atoms with Gasteiger partial charge in [0.2, 0.25) is 11.8 Å². The highest BCUT2D eigenvalue weighted by molar-refractivity contribution is 7.80. The molecule has 0 aromatic rings. The van der Waals surface area contributed by atoms with Crippen LogP contribution in [0.5, 0.6) is 0 Å². The van der Waals surface area contributed by atoms with Crippen LogP contribution >= 0.6 is 12.2 Å². The highest BCUT2D eigenvalue weighted by Crippen LogP contribution is 2.14. The molecule has 2 N–H and O–H groups in total. The summed E-state index contributed by atoms with van der Waals surface area (Å²) in [4.78, 5) is 32.5. The average Bonchev–Trinajstić information content (AvgIpc) is 2.60. The van der Waals surface area contributed by atoms with Gasteiger partial charge < -0.3 is 19.7 Å². The minimum absolute atomic E-state index is 0.0930. The van der Waals surface area contributed by atoms with Gasteiger partial charge in [-0.2, -0.15) is 0 Å². The molecule has 2 heterocycles. The minimum Gasteiger partial charge on any atom is -0.383 e. The van der Waals surface area contributed by atoms with Crippen LogP contribution < -0.4 is 10.2 Å². The third kappa shape index (κ3) is 4.85. The molecule has 0 aromatic carbocycles. The quantitative estimate of drug-likeness (QED) is 0.322. The van der Waals surface area contributed by atoms with Crippen molar-refractivity contribution in [1.82, 2.24) is 10.2 Å². The Morgan fingerprint density at radius 1 is 1.42 bits per heavy atom. The van der Waals surface area contributed by atoms with Crippen LogP contribution in [0.25, 0.3) is 0 Å². The molecule has 2 aliphatic rings. The zero-order chi connectivity index (χ0) is 19.3. The molecule has 2 fully saturated rings. The van der Waals surface area contributed by atoms with Crippen molar-refractivity contribution in [1.29, 1.82) is 0 Å². The topological polar surface area (TPSA) is 84.7 Å². The number of quaternary nitrogens is 1. The fourth-order valence-corrected chi connectivity index (χ4v) is 3.48. The van der Waals surface area contributed by atoms with Gasteiger partial charge in [-0.3, -0.25) is 19.5 Å². The van der Waals surface area contributed by atoms with E-state index in [4.69, 9.17) is 21.7 Å². The van der Waals surface area contributed by atoms with Crippen LogP contribution in [0.4, 0.5) is 0 Å². The molecule has 0 radical (unpaired) electrons. The Balaban J connectivity index is 2.08. The molecule has 2 aliphatic heterocycles. The van der Waals surface area contributed by atoms with E-state index in [2.05, 4.69) is 24.2 Å². The number of carbonyl (C=O) groups excluding carboxylic acids is 2. The molecular formula is C17H29N4O4S+. The molecule has 0 spiro atoms. The average molecular weight is 386 g/mol. The van der Waals surface area contributed by atoms with Crippen LogP contribution in [-0.2, 0) is 19.1 Å². The van der Waals surface area contributed by atoms with Gasteiger partial charge in [0.25, 0.3) is 0 Å². The summed E-state index contributed by atoms with van der Waals surface area (Å²) in [7, 11) is 1.55. The van der Waals surface area contributed by atoms with Gasteiger partial charge in [-0.15, -0.1) is 0 Å². The summed E-state index contributed by atoms with van der Waals surface area (Å²) in [5.41, 5.74) is 0.419. The number of thiocarbonyl (C=S) groups is 1. The fraction of sp³-hybridized carbons (Fsp3) is 0.765. The number of amides is 2. The van der Waals surface area contributed by atoms with Crippen molar-refractivity contribution in [3.63, 3.8) is 0 Å². The molecule has 1 unspecified atom stereocenters. The minimum atomic E-state index is -0.936. The lowest BCUT2D eigenvalue weighted by Crippen LogP contribution is -3.21. The maximum Gasteiger partial charge on any atom is 0.247 e.